The number of hydrogen-bond acceptors (Lipinski definition) is 2. The SMILES string of the molecule is CCOc1ccc(CN[C@H](C)C23CC4CC(CC(C4)C2)C3)cc1. The summed E-state index contributed by atoms with van der Waals surface area (Å²) >= 11 is 0. The average Bonchev–Trinajstić information content (AvgIpc) is 2.53. The van der Waals surface area contributed by atoms with Gasteiger partial charge >= 0.3 is 0 Å². The topological polar surface area (TPSA) is 21.3 Å². The molecule has 1 N–H and O–H groups in total. The van der Waals surface area contributed by atoms with Gasteiger partial charge in [-0.05, 0) is 93.2 Å². The van der Waals surface area contributed by atoms with Crippen molar-refractivity contribution in [3.8, 4) is 5.75 Å². The molecule has 1 aromatic rings. The summed E-state index contributed by atoms with van der Waals surface area (Å²) in [5.41, 5.74) is 1.96. The minimum atomic E-state index is 0.597. The molecule has 1 atom stereocenters. The van der Waals surface area contributed by atoms with E-state index in [0.717, 1.165) is 36.7 Å². The molecule has 2 heteroatoms. The van der Waals surface area contributed by atoms with Crippen LogP contribution in [0.15, 0.2) is 24.3 Å². The number of rotatable bonds is 6. The van der Waals surface area contributed by atoms with E-state index in [0.29, 0.717) is 11.5 Å². The first-order valence-corrected chi connectivity index (χ1v) is 9.62. The summed E-state index contributed by atoms with van der Waals surface area (Å²) in [6, 6.07) is 9.23. The Morgan fingerprint density at radius 3 is 2.13 bits per heavy atom. The molecule has 0 amide bonds. The zero-order valence-electron chi connectivity index (χ0n) is 14.7. The number of nitrogens with one attached hydrogen (secondary N) is 1. The molecule has 126 valence electrons. The van der Waals surface area contributed by atoms with Crippen LogP contribution in [0.5, 0.6) is 5.75 Å². The zero-order chi connectivity index (χ0) is 15.9. The van der Waals surface area contributed by atoms with E-state index in [1.807, 2.05) is 6.92 Å². The fraction of sp³-hybridized carbons (Fsp3) is 0.714. The lowest BCUT2D eigenvalue weighted by Crippen LogP contribution is -2.54. The minimum absolute atomic E-state index is 0.597. The lowest BCUT2D eigenvalue weighted by Gasteiger charge is -2.59. The number of hydrogen-bond donors (Lipinski definition) is 1. The van der Waals surface area contributed by atoms with Crippen LogP contribution < -0.4 is 10.1 Å². The highest BCUT2D eigenvalue weighted by Gasteiger charge is 2.52. The summed E-state index contributed by atoms with van der Waals surface area (Å²) in [4.78, 5) is 0. The molecule has 5 rings (SSSR count). The van der Waals surface area contributed by atoms with Crippen LogP contribution in [0.3, 0.4) is 0 Å². The molecule has 0 heterocycles. The third kappa shape index (κ3) is 3.03. The van der Waals surface area contributed by atoms with Gasteiger partial charge in [-0.25, -0.2) is 0 Å². The third-order valence-corrected chi connectivity index (χ3v) is 6.85. The Morgan fingerprint density at radius 2 is 1.61 bits per heavy atom. The molecule has 23 heavy (non-hydrogen) atoms. The molecule has 2 nitrogen and oxygen atoms in total. The van der Waals surface area contributed by atoms with Crippen LogP contribution in [0.2, 0.25) is 0 Å². The smallest absolute Gasteiger partial charge is 0.119 e. The molecular weight excluding hydrogens is 282 g/mol. The van der Waals surface area contributed by atoms with E-state index in [1.54, 1.807) is 0 Å². The van der Waals surface area contributed by atoms with Gasteiger partial charge in [0.25, 0.3) is 0 Å². The van der Waals surface area contributed by atoms with E-state index >= 15 is 0 Å². The van der Waals surface area contributed by atoms with Gasteiger partial charge < -0.3 is 10.1 Å². The molecular formula is C21H31NO. The second kappa shape index (κ2) is 6.12. The summed E-state index contributed by atoms with van der Waals surface area (Å²) in [5.74, 6) is 4.09. The maximum atomic E-state index is 5.53. The van der Waals surface area contributed by atoms with Gasteiger partial charge in [0.1, 0.15) is 5.75 Å². The van der Waals surface area contributed by atoms with Gasteiger partial charge in [0, 0.05) is 12.6 Å². The van der Waals surface area contributed by atoms with Crippen LogP contribution in [0, 0.1) is 23.2 Å². The summed E-state index contributed by atoms with van der Waals surface area (Å²) in [7, 11) is 0. The maximum absolute atomic E-state index is 5.53. The molecule has 0 unspecified atom stereocenters. The van der Waals surface area contributed by atoms with Crippen LogP contribution in [0.4, 0.5) is 0 Å². The van der Waals surface area contributed by atoms with E-state index in [1.165, 1.54) is 44.1 Å². The monoisotopic (exact) mass is 313 g/mol. The molecule has 0 radical (unpaired) electrons. The Hall–Kier alpha value is -1.02. The lowest BCUT2D eigenvalue weighted by molar-refractivity contribution is -0.0706. The molecule has 0 saturated heterocycles. The second-order valence-electron chi connectivity index (χ2n) is 8.46. The molecule has 4 aliphatic rings. The minimum Gasteiger partial charge on any atom is -0.494 e. The van der Waals surface area contributed by atoms with E-state index < -0.39 is 0 Å². The second-order valence-corrected chi connectivity index (χ2v) is 8.46. The quantitative estimate of drug-likeness (QED) is 0.816. The molecule has 0 aliphatic heterocycles. The van der Waals surface area contributed by atoms with E-state index in [4.69, 9.17) is 4.74 Å². The van der Waals surface area contributed by atoms with Crippen molar-refractivity contribution in [2.45, 2.75) is 65.0 Å². The Labute approximate surface area is 141 Å². The van der Waals surface area contributed by atoms with Gasteiger partial charge in [-0.2, -0.15) is 0 Å². The van der Waals surface area contributed by atoms with Crippen molar-refractivity contribution >= 4 is 0 Å². The van der Waals surface area contributed by atoms with Crippen LogP contribution in [0.1, 0.15) is 57.9 Å². The predicted molar refractivity (Wildman–Crippen MR) is 94.5 cm³/mol. The highest BCUT2D eigenvalue weighted by Crippen LogP contribution is 2.61. The van der Waals surface area contributed by atoms with Crippen molar-refractivity contribution in [1.29, 1.82) is 0 Å². The standard InChI is InChI=1S/C21H31NO/c1-3-23-20-6-4-16(5-7-20)14-22-15(2)21-11-17-8-18(12-21)10-19(9-17)13-21/h4-7,15,17-19,22H,3,8-14H2,1-2H3/t15-,17?,18?,19?,21?/m1/s1. The van der Waals surface area contributed by atoms with Crippen LogP contribution in [0.25, 0.3) is 0 Å². The predicted octanol–water partition coefficient (Wildman–Crippen LogP) is 4.78. The molecule has 4 saturated carbocycles. The Bertz CT molecular complexity index is 500. The van der Waals surface area contributed by atoms with Crippen molar-refractivity contribution in [3.05, 3.63) is 29.8 Å². The summed E-state index contributed by atoms with van der Waals surface area (Å²) < 4.78 is 5.53. The normalized spacial score (nSPS) is 36.2. The summed E-state index contributed by atoms with van der Waals surface area (Å²) in [5, 5.41) is 3.87. The highest BCUT2D eigenvalue weighted by molar-refractivity contribution is 5.27. The molecule has 4 fully saturated rings. The maximum Gasteiger partial charge on any atom is 0.119 e. The lowest BCUT2D eigenvalue weighted by atomic mass is 9.48. The van der Waals surface area contributed by atoms with E-state index in [9.17, 15) is 0 Å². The molecule has 4 bridgehead atoms. The van der Waals surface area contributed by atoms with Crippen molar-refractivity contribution in [2.75, 3.05) is 6.61 Å². The van der Waals surface area contributed by atoms with Crippen molar-refractivity contribution < 1.29 is 4.74 Å². The largest absolute Gasteiger partial charge is 0.494 e. The molecule has 4 aliphatic carbocycles. The first kappa shape index (κ1) is 15.5. The van der Waals surface area contributed by atoms with Gasteiger partial charge in [0.2, 0.25) is 0 Å². The van der Waals surface area contributed by atoms with Crippen LogP contribution in [-0.4, -0.2) is 12.6 Å². The average molecular weight is 313 g/mol. The molecule has 0 aromatic heterocycles. The molecule has 1 aromatic carbocycles. The summed E-state index contributed by atoms with van der Waals surface area (Å²) in [6.07, 6.45) is 9.05. The van der Waals surface area contributed by atoms with Gasteiger partial charge in [-0.15, -0.1) is 0 Å². The fourth-order valence-electron chi connectivity index (χ4n) is 6.07. The number of benzene rings is 1. The van der Waals surface area contributed by atoms with Gasteiger partial charge in [-0.3, -0.25) is 0 Å². The van der Waals surface area contributed by atoms with Crippen molar-refractivity contribution in [1.82, 2.24) is 5.32 Å². The van der Waals surface area contributed by atoms with Crippen molar-refractivity contribution in [3.63, 3.8) is 0 Å². The third-order valence-electron chi connectivity index (χ3n) is 6.85. The van der Waals surface area contributed by atoms with Crippen LogP contribution >= 0.6 is 0 Å². The van der Waals surface area contributed by atoms with Crippen LogP contribution in [-0.2, 0) is 6.54 Å². The van der Waals surface area contributed by atoms with Gasteiger partial charge in [-0.1, -0.05) is 12.1 Å². The first-order valence-electron chi connectivity index (χ1n) is 9.62. The Morgan fingerprint density at radius 1 is 1.04 bits per heavy atom. The first-order chi connectivity index (χ1) is 11.2. The Kier molecular flexibility index (Phi) is 4.13. The van der Waals surface area contributed by atoms with E-state index in [-0.39, 0.29) is 0 Å². The zero-order valence-corrected chi connectivity index (χ0v) is 14.7. The van der Waals surface area contributed by atoms with Gasteiger partial charge in [0.05, 0.1) is 6.61 Å². The Balaban J connectivity index is 1.37. The molecule has 0 spiro atoms. The highest BCUT2D eigenvalue weighted by atomic mass is 16.5. The van der Waals surface area contributed by atoms with Crippen molar-refractivity contribution in [2.24, 2.45) is 23.2 Å². The summed E-state index contributed by atoms with van der Waals surface area (Å²) in [6.45, 7) is 6.19. The number of ether oxygens (including phenoxy) is 1. The van der Waals surface area contributed by atoms with E-state index in [2.05, 4.69) is 36.5 Å². The van der Waals surface area contributed by atoms with Gasteiger partial charge in [0.15, 0.2) is 0 Å². The fourth-order valence-corrected chi connectivity index (χ4v) is 6.07.